The van der Waals surface area contributed by atoms with E-state index in [4.69, 9.17) is 0 Å². The first-order valence-corrected chi connectivity index (χ1v) is 4.31. The molecule has 0 amide bonds. The Hall–Kier alpha value is -2.17. The highest BCUT2D eigenvalue weighted by Crippen LogP contribution is 2.20. The molecule has 4 nitrogen and oxygen atoms in total. The molecule has 0 fully saturated rings. The lowest BCUT2D eigenvalue weighted by Gasteiger charge is -1.96. The number of hydrogen-bond acceptors (Lipinski definition) is 3. The number of hydrogen-bond donors (Lipinski definition) is 1. The summed E-state index contributed by atoms with van der Waals surface area (Å²) in [6.07, 6.45) is 1.37. The Balaban J connectivity index is 2.60. The number of aromatic amines is 1. The number of fused-ring (bicyclic) bond motifs is 3. The Morgan fingerprint density at radius 3 is 3.07 bits per heavy atom. The van der Waals surface area contributed by atoms with E-state index in [1.54, 1.807) is 6.07 Å². The Morgan fingerprint density at radius 2 is 2.20 bits per heavy atom. The molecule has 2 aromatic heterocycles. The molecule has 0 atom stereocenters. The summed E-state index contributed by atoms with van der Waals surface area (Å²) in [5.74, 6) is -0.361. The van der Waals surface area contributed by atoms with Gasteiger partial charge in [-0.15, -0.1) is 0 Å². The van der Waals surface area contributed by atoms with Gasteiger partial charge < -0.3 is 4.52 Å². The van der Waals surface area contributed by atoms with Gasteiger partial charge in [-0.1, -0.05) is 0 Å². The van der Waals surface area contributed by atoms with Crippen molar-refractivity contribution in [3.63, 3.8) is 0 Å². The third kappa shape index (κ3) is 1.06. The predicted molar refractivity (Wildman–Crippen MR) is 52.1 cm³/mol. The van der Waals surface area contributed by atoms with Crippen molar-refractivity contribution in [3.8, 4) is 0 Å². The number of rotatable bonds is 0. The van der Waals surface area contributed by atoms with Gasteiger partial charge in [-0.3, -0.25) is 4.98 Å². The van der Waals surface area contributed by atoms with Crippen molar-refractivity contribution in [2.24, 2.45) is 0 Å². The van der Waals surface area contributed by atoms with Crippen molar-refractivity contribution in [1.29, 1.82) is 0 Å². The van der Waals surface area contributed by atoms with Crippen molar-refractivity contribution < 1.29 is 8.91 Å². The number of aromatic nitrogens is 2. The molecule has 0 unspecified atom stereocenters. The normalized spacial score (nSPS) is 11.3. The molecule has 1 N–H and O–H groups in total. The zero-order chi connectivity index (χ0) is 10.4. The van der Waals surface area contributed by atoms with Crippen molar-refractivity contribution in [1.82, 2.24) is 10.1 Å². The van der Waals surface area contributed by atoms with E-state index in [-0.39, 0.29) is 5.82 Å². The third-order valence-corrected chi connectivity index (χ3v) is 2.30. The van der Waals surface area contributed by atoms with Crippen LogP contribution in [0.25, 0.3) is 21.8 Å². The number of halogens is 1. The summed E-state index contributed by atoms with van der Waals surface area (Å²) < 4.78 is 17.5. The number of pyridine rings is 1. The van der Waals surface area contributed by atoms with E-state index in [0.29, 0.717) is 21.8 Å². The van der Waals surface area contributed by atoms with Gasteiger partial charge in [-0.25, -0.2) is 14.3 Å². The first-order chi connectivity index (χ1) is 7.25. The molecule has 15 heavy (non-hydrogen) atoms. The molecule has 74 valence electrons. The van der Waals surface area contributed by atoms with Gasteiger partial charge in [0.05, 0.1) is 11.0 Å². The van der Waals surface area contributed by atoms with Crippen LogP contribution in [0.5, 0.6) is 0 Å². The Bertz CT molecular complexity index is 714. The van der Waals surface area contributed by atoms with E-state index in [2.05, 4.69) is 14.7 Å². The molecule has 0 saturated heterocycles. The average molecular weight is 204 g/mol. The van der Waals surface area contributed by atoms with Gasteiger partial charge in [0.15, 0.2) is 0 Å². The SMILES string of the molecule is O=c1o[nH]c2c1cnc1cc(F)ccc12. The molecule has 0 bridgehead atoms. The molecule has 0 aliphatic rings. The van der Waals surface area contributed by atoms with E-state index >= 15 is 0 Å². The second-order valence-corrected chi connectivity index (χ2v) is 3.20. The molecule has 3 aromatic rings. The topological polar surface area (TPSA) is 58.9 Å². The van der Waals surface area contributed by atoms with Gasteiger partial charge >= 0.3 is 5.63 Å². The maximum Gasteiger partial charge on any atom is 0.366 e. The summed E-state index contributed by atoms with van der Waals surface area (Å²) in [6.45, 7) is 0. The van der Waals surface area contributed by atoms with Gasteiger partial charge in [0.25, 0.3) is 0 Å². The average Bonchev–Trinajstić information content (AvgIpc) is 2.60. The van der Waals surface area contributed by atoms with Crippen molar-refractivity contribution >= 4 is 21.8 Å². The van der Waals surface area contributed by atoms with Crippen LogP contribution in [0.2, 0.25) is 0 Å². The van der Waals surface area contributed by atoms with Crippen LogP contribution < -0.4 is 5.63 Å². The molecule has 0 saturated carbocycles. The number of nitrogens with zero attached hydrogens (tertiary/aromatic N) is 1. The van der Waals surface area contributed by atoms with Crippen LogP contribution in [0.3, 0.4) is 0 Å². The first-order valence-electron chi connectivity index (χ1n) is 4.31. The van der Waals surface area contributed by atoms with E-state index in [0.717, 1.165) is 0 Å². The standard InChI is InChI=1S/C10H5FN2O2/c11-5-1-2-6-8(3-5)12-4-7-9(6)13-15-10(7)14/h1-4,13H. The summed E-state index contributed by atoms with van der Waals surface area (Å²) in [4.78, 5) is 15.2. The Labute approximate surface area is 82.3 Å². The fourth-order valence-corrected chi connectivity index (χ4v) is 1.58. The Morgan fingerprint density at radius 1 is 1.33 bits per heavy atom. The highest BCUT2D eigenvalue weighted by molar-refractivity contribution is 6.02. The zero-order valence-electron chi connectivity index (χ0n) is 7.45. The fraction of sp³-hybridized carbons (Fsp3) is 0. The third-order valence-electron chi connectivity index (χ3n) is 2.30. The molecule has 3 rings (SSSR count). The van der Waals surface area contributed by atoms with Crippen molar-refractivity contribution in [3.05, 3.63) is 40.6 Å². The molecule has 2 heterocycles. The zero-order valence-corrected chi connectivity index (χ0v) is 7.45. The molecule has 0 radical (unpaired) electrons. The number of benzene rings is 1. The van der Waals surface area contributed by atoms with Crippen molar-refractivity contribution in [2.45, 2.75) is 0 Å². The highest BCUT2D eigenvalue weighted by Gasteiger charge is 2.08. The van der Waals surface area contributed by atoms with Crippen LogP contribution in [-0.4, -0.2) is 10.1 Å². The predicted octanol–water partition coefficient (Wildman–Crippen LogP) is 1.81. The Kier molecular flexibility index (Phi) is 1.45. The van der Waals surface area contributed by atoms with Crippen LogP contribution in [-0.2, 0) is 0 Å². The van der Waals surface area contributed by atoms with E-state index in [1.807, 2.05) is 0 Å². The lowest BCUT2D eigenvalue weighted by Crippen LogP contribution is -1.91. The molecular formula is C10H5FN2O2. The van der Waals surface area contributed by atoms with Crippen LogP contribution in [0, 0.1) is 5.82 Å². The smallest absolute Gasteiger partial charge is 0.338 e. The maximum absolute atomic E-state index is 12.9. The van der Waals surface area contributed by atoms with Gasteiger partial charge in [-0.2, -0.15) is 0 Å². The first kappa shape index (κ1) is 8.16. The minimum Gasteiger partial charge on any atom is -0.338 e. The van der Waals surface area contributed by atoms with Crippen LogP contribution >= 0.6 is 0 Å². The molecule has 0 aliphatic carbocycles. The maximum atomic E-state index is 12.9. The van der Waals surface area contributed by atoms with Crippen LogP contribution in [0.1, 0.15) is 0 Å². The van der Waals surface area contributed by atoms with Gasteiger partial charge in [-0.05, 0) is 12.1 Å². The highest BCUT2D eigenvalue weighted by atomic mass is 19.1. The second kappa shape index (κ2) is 2.66. The van der Waals surface area contributed by atoms with E-state index in [1.165, 1.54) is 18.3 Å². The number of H-pyrrole nitrogens is 1. The molecular weight excluding hydrogens is 199 g/mol. The molecule has 0 aliphatic heterocycles. The second-order valence-electron chi connectivity index (χ2n) is 3.20. The summed E-state index contributed by atoms with van der Waals surface area (Å²) in [7, 11) is 0. The van der Waals surface area contributed by atoms with E-state index < -0.39 is 5.63 Å². The van der Waals surface area contributed by atoms with Crippen molar-refractivity contribution in [2.75, 3.05) is 0 Å². The summed E-state index contributed by atoms with van der Waals surface area (Å²) in [5.41, 5.74) is 0.563. The van der Waals surface area contributed by atoms with Gasteiger partial charge in [0.2, 0.25) is 0 Å². The van der Waals surface area contributed by atoms with Crippen LogP contribution in [0.15, 0.2) is 33.7 Å². The largest absolute Gasteiger partial charge is 0.366 e. The minimum atomic E-state index is -0.469. The molecule has 5 heteroatoms. The molecule has 0 spiro atoms. The summed E-state index contributed by atoms with van der Waals surface area (Å²) in [5, 5.41) is 3.54. The molecule has 1 aromatic carbocycles. The quantitative estimate of drug-likeness (QED) is 0.607. The van der Waals surface area contributed by atoms with E-state index in [9.17, 15) is 9.18 Å². The number of nitrogens with one attached hydrogen (secondary N) is 1. The minimum absolute atomic E-state index is 0.361. The lowest BCUT2D eigenvalue weighted by molar-refractivity contribution is 0.400. The van der Waals surface area contributed by atoms with Crippen LogP contribution in [0.4, 0.5) is 4.39 Å². The fourth-order valence-electron chi connectivity index (χ4n) is 1.58. The monoisotopic (exact) mass is 204 g/mol. The summed E-state index contributed by atoms with van der Waals surface area (Å²) in [6, 6.07) is 4.18. The summed E-state index contributed by atoms with van der Waals surface area (Å²) >= 11 is 0. The lowest BCUT2D eigenvalue weighted by atomic mass is 10.2. The van der Waals surface area contributed by atoms with Gasteiger partial charge in [0, 0.05) is 17.6 Å². The van der Waals surface area contributed by atoms with Gasteiger partial charge in [0.1, 0.15) is 11.2 Å².